The van der Waals surface area contributed by atoms with Gasteiger partial charge in [-0.3, -0.25) is 0 Å². The molecule has 12 heavy (non-hydrogen) atoms. The molecule has 64 valence electrons. The summed E-state index contributed by atoms with van der Waals surface area (Å²) in [5.41, 5.74) is 0.380. The quantitative estimate of drug-likeness (QED) is 0.674. The second-order valence-corrected chi connectivity index (χ2v) is 2.62. The van der Waals surface area contributed by atoms with Crippen molar-refractivity contribution in [3.8, 4) is 0 Å². The fourth-order valence-electron chi connectivity index (χ4n) is 0.816. The standard InChI is InChI=1S/C9H8F2S/c10-8-4-3-7(2-1-5-12)9(11)6-8/h1-4,6,12H,5H2. The Labute approximate surface area is 75.3 Å². The van der Waals surface area contributed by atoms with Crippen LogP contribution in [0.1, 0.15) is 5.56 Å². The van der Waals surface area contributed by atoms with E-state index in [4.69, 9.17) is 0 Å². The van der Waals surface area contributed by atoms with Gasteiger partial charge in [-0.2, -0.15) is 12.6 Å². The van der Waals surface area contributed by atoms with Crippen LogP contribution in [0.15, 0.2) is 24.3 Å². The second-order valence-electron chi connectivity index (χ2n) is 2.25. The summed E-state index contributed by atoms with van der Waals surface area (Å²) in [4.78, 5) is 0. The molecule has 0 spiro atoms. The number of rotatable bonds is 2. The van der Waals surface area contributed by atoms with Crippen molar-refractivity contribution in [2.75, 3.05) is 5.75 Å². The Hall–Kier alpha value is -0.830. The highest BCUT2D eigenvalue weighted by Gasteiger charge is 1.98. The molecule has 0 saturated carbocycles. The summed E-state index contributed by atoms with van der Waals surface area (Å²) in [5.74, 6) is -0.569. The van der Waals surface area contributed by atoms with Gasteiger partial charge in [0.25, 0.3) is 0 Å². The highest BCUT2D eigenvalue weighted by atomic mass is 32.1. The van der Waals surface area contributed by atoms with Crippen LogP contribution in [0.25, 0.3) is 6.08 Å². The summed E-state index contributed by atoms with van der Waals surface area (Å²) in [5, 5.41) is 0. The summed E-state index contributed by atoms with van der Waals surface area (Å²) in [6.45, 7) is 0. The summed E-state index contributed by atoms with van der Waals surface area (Å²) in [6, 6.07) is 3.48. The molecule has 3 heteroatoms. The van der Waals surface area contributed by atoms with E-state index >= 15 is 0 Å². The molecule has 0 fully saturated rings. The van der Waals surface area contributed by atoms with Crippen LogP contribution in [-0.4, -0.2) is 5.75 Å². The molecule has 1 aromatic carbocycles. The largest absolute Gasteiger partial charge is 0.207 e. The summed E-state index contributed by atoms with van der Waals surface area (Å²) in [7, 11) is 0. The number of hydrogen-bond donors (Lipinski definition) is 1. The van der Waals surface area contributed by atoms with Crippen LogP contribution in [0.4, 0.5) is 8.78 Å². The van der Waals surface area contributed by atoms with E-state index in [0.717, 1.165) is 6.07 Å². The minimum Gasteiger partial charge on any atom is -0.207 e. The van der Waals surface area contributed by atoms with E-state index in [9.17, 15) is 8.78 Å². The first-order valence-electron chi connectivity index (χ1n) is 3.46. The monoisotopic (exact) mass is 186 g/mol. The third-order valence-corrected chi connectivity index (χ3v) is 1.58. The lowest BCUT2D eigenvalue weighted by Crippen LogP contribution is -1.83. The van der Waals surface area contributed by atoms with Crippen molar-refractivity contribution >= 4 is 18.7 Å². The average molecular weight is 186 g/mol. The fourth-order valence-corrected chi connectivity index (χ4v) is 0.922. The number of halogens is 2. The van der Waals surface area contributed by atoms with Gasteiger partial charge in [0, 0.05) is 17.4 Å². The molecule has 0 bridgehead atoms. The van der Waals surface area contributed by atoms with Crippen molar-refractivity contribution in [3.63, 3.8) is 0 Å². The zero-order valence-corrected chi connectivity index (χ0v) is 7.19. The summed E-state index contributed by atoms with van der Waals surface area (Å²) < 4.78 is 25.2. The molecule has 0 amide bonds. The van der Waals surface area contributed by atoms with Gasteiger partial charge in [0.2, 0.25) is 0 Å². The van der Waals surface area contributed by atoms with Crippen LogP contribution in [0.2, 0.25) is 0 Å². The SMILES string of the molecule is Fc1ccc(C=CCS)c(F)c1. The zero-order chi connectivity index (χ0) is 8.97. The third kappa shape index (κ3) is 2.34. The van der Waals surface area contributed by atoms with Crippen molar-refractivity contribution in [1.82, 2.24) is 0 Å². The predicted octanol–water partition coefficient (Wildman–Crippen LogP) is 2.91. The molecule has 0 saturated heterocycles. The number of benzene rings is 1. The van der Waals surface area contributed by atoms with Gasteiger partial charge in [-0.1, -0.05) is 12.2 Å². The van der Waals surface area contributed by atoms with E-state index in [2.05, 4.69) is 12.6 Å². The first kappa shape index (κ1) is 9.26. The molecule has 0 aliphatic heterocycles. The molecule has 0 atom stereocenters. The number of thiol groups is 1. The van der Waals surface area contributed by atoms with Gasteiger partial charge in [-0.15, -0.1) is 0 Å². The highest BCUT2D eigenvalue weighted by Crippen LogP contribution is 2.10. The Balaban J connectivity index is 2.94. The van der Waals surface area contributed by atoms with Crippen molar-refractivity contribution in [1.29, 1.82) is 0 Å². The van der Waals surface area contributed by atoms with Crippen LogP contribution in [-0.2, 0) is 0 Å². The van der Waals surface area contributed by atoms with Gasteiger partial charge in [0.1, 0.15) is 11.6 Å². The van der Waals surface area contributed by atoms with E-state index in [1.807, 2.05) is 0 Å². The number of hydrogen-bond acceptors (Lipinski definition) is 1. The minimum absolute atomic E-state index is 0.380. The Kier molecular flexibility index (Phi) is 3.29. The highest BCUT2D eigenvalue weighted by molar-refractivity contribution is 7.80. The maximum atomic E-state index is 12.9. The van der Waals surface area contributed by atoms with E-state index < -0.39 is 11.6 Å². The van der Waals surface area contributed by atoms with Crippen LogP contribution in [0.5, 0.6) is 0 Å². The molecule has 0 aromatic heterocycles. The topological polar surface area (TPSA) is 0 Å². The van der Waals surface area contributed by atoms with Crippen molar-refractivity contribution in [2.24, 2.45) is 0 Å². The van der Waals surface area contributed by atoms with Gasteiger partial charge in [0.15, 0.2) is 0 Å². The molecule has 0 nitrogen and oxygen atoms in total. The van der Waals surface area contributed by atoms with E-state index in [-0.39, 0.29) is 0 Å². The lowest BCUT2D eigenvalue weighted by Gasteiger charge is -1.95. The molecule has 1 aromatic rings. The molecule has 0 radical (unpaired) electrons. The Morgan fingerprint density at radius 1 is 1.33 bits per heavy atom. The van der Waals surface area contributed by atoms with Crippen LogP contribution >= 0.6 is 12.6 Å². The molecule has 0 aliphatic rings. The fraction of sp³-hybridized carbons (Fsp3) is 0.111. The maximum absolute atomic E-state index is 12.9. The third-order valence-electron chi connectivity index (χ3n) is 1.37. The molecule has 0 aliphatic carbocycles. The lowest BCUT2D eigenvalue weighted by molar-refractivity contribution is 0.581. The van der Waals surface area contributed by atoms with E-state index in [1.54, 1.807) is 12.2 Å². The second kappa shape index (κ2) is 4.26. The Morgan fingerprint density at radius 2 is 2.08 bits per heavy atom. The first-order valence-corrected chi connectivity index (χ1v) is 4.09. The zero-order valence-electron chi connectivity index (χ0n) is 6.30. The molecule has 0 unspecified atom stereocenters. The lowest BCUT2D eigenvalue weighted by atomic mass is 10.2. The van der Waals surface area contributed by atoms with Crippen molar-refractivity contribution in [3.05, 3.63) is 41.5 Å². The van der Waals surface area contributed by atoms with Gasteiger partial charge in [-0.05, 0) is 12.1 Å². The molecule has 0 heterocycles. The van der Waals surface area contributed by atoms with Gasteiger partial charge >= 0.3 is 0 Å². The van der Waals surface area contributed by atoms with Crippen molar-refractivity contribution < 1.29 is 8.78 Å². The van der Waals surface area contributed by atoms with Crippen LogP contribution in [0, 0.1) is 11.6 Å². The smallest absolute Gasteiger partial charge is 0.133 e. The summed E-state index contributed by atoms with van der Waals surface area (Å²) in [6.07, 6.45) is 3.27. The van der Waals surface area contributed by atoms with Crippen LogP contribution < -0.4 is 0 Å². The molecule has 0 N–H and O–H groups in total. The van der Waals surface area contributed by atoms with E-state index in [0.29, 0.717) is 11.3 Å². The summed E-state index contributed by atoms with van der Waals surface area (Å²) >= 11 is 3.92. The van der Waals surface area contributed by atoms with E-state index in [1.165, 1.54) is 12.1 Å². The molecule has 1 rings (SSSR count). The molecular weight excluding hydrogens is 178 g/mol. The molecular formula is C9H8F2S. The van der Waals surface area contributed by atoms with Gasteiger partial charge in [-0.25, -0.2) is 8.78 Å². The van der Waals surface area contributed by atoms with Crippen molar-refractivity contribution in [2.45, 2.75) is 0 Å². The minimum atomic E-state index is -0.560. The Morgan fingerprint density at radius 3 is 2.67 bits per heavy atom. The van der Waals surface area contributed by atoms with Crippen LogP contribution in [0.3, 0.4) is 0 Å². The normalized spacial score (nSPS) is 10.9. The Bertz CT molecular complexity index is 295. The van der Waals surface area contributed by atoms with Gasteiger partial charge in [0.05, 0.1) is 0 Å². The first-order chi connectivity index (χ1) is 5.74. The maximum Gasteiger partial charge on any atom is 0.133 e. The predicted molar refractivity (Wildman–Crippen MR) is 49.2 cm³/mol. The van der Waals surface area contributed by atoms with Gasteiger partial charge < -0.3 is 0 Å². The average Bonchev–Trinajstić information content (AvgIpc) is 2.03.